The third-order valence-corrected chi connectivity index (χ3v) is 7.56. The van der Waals surface area contributed by atoms with Crippen LogP contribution in [0.25, 0.3) is 10.9 Å². The van der Waals surface area contributed by atoms with Crippen LogP contribution >= 0.6 is 11.3 Å². The van der Waals surface area contributed by atoms with Crippen molar-refractivity contribution in [2.45, 2.75) is 13.0 Å². The highest BCUT2D eigenvalue weighted by atomic mass is 32.1. The summed E-state index contributed by atoms with van der Waals surface area (Å²) < 4.78 is 5.94. The van der Waals surface area contributed by atoms with Gasteiger partial charge in [0.15, 0.2) is 0 Å². The summed E-state index contributed by atoms with van der Waals surface area (Å²) in [5, 5.41) is 18.7. The number of amidine groups is 1. The number of hydrogen-bond donors (Lipinski definition) is 2. The van der Waals surface area contributed by atoms with Crippen LogP contribution in [-0.2, 0) is 13.0 Å². The first kappa shape index (κ1) is 25.1. The maximum absolute atomic E-state index is 13.3. The van der Waals surface area contributed by atoms with E-state index in [0.717, 1.165) is 39.8 Å². The molecule has 0 atom stereocenters. The van der Waals surface area contributed by atoms with E-state index in [1.807, 2.05) is 95.3 Å². The number of anilines is 3. The van der Waals surface area contributed by atoms with Gasteiger partial charge in [-0.1, -0.05) is 42.5 Å². The molecule has 1 amide bonds. The van der Waals surface area contributed by atoms with E-state index in [1.165, 1.54) is 11.3 Å². The Balaban J connectivity index is 1.18. The van der Waals surface area contributed by atoms with Gasteiger partial charge in [0.25, 0.3) is 5.91 Å². The van der Waals surface area contributed by atoms with E-state index in [1.54, 1.807) is 6.20 Å². The van der Waals surface area contributed by atoms with Crippen molar-refractivity contribution in [2.24, 2.45) is 4.99 Å². The number of amides is 1. The molecule has 2 aromatic heterocycles. The van der Waals surface area contributed by atoms with Crippen LogP contribution in [0.15, 0.2) is 101 Å². The number of fused-ring (bicyclic) bond motifs is 2. The summed E-state index contributed by atoms with van der Waals surface area (Å²) in [4.78, 5) is 24.1. The zero-order chi connectivity index (χ0) is 27.3. The Bertz CT molecular complexity index is 1750. The molecule has 196 valence electrons. The largest absolute Gasteiger partial charge is 0.425 e. The number of carbonyl (C=O) groups is 1. The quantitative estimate of drug-likeness (QED) is 0.145. The van der Waals surface area contributed by atoms with Crippen LogP contribution in [0.5, 0.6) is 5.75 Å². The molecule has 3 aromatic carbocycles. The van der Waals surface area contributed by atoms with Crippen molar-refractivity contribution in [3.8, 4) is 11.9 Å². The van der Waals surface area contributed by atoms with Crippen LogP contribution in [0.3, 0.4) is 0 Å². The van der Waals surface area contributed by atoms with Gasteiger partial charge in [-0.25, -0.2) is 0 Å². The third-order valence-electron chi connectivity index (χ3n) is 6.65. The maximum Gasteiger partial charge on any atom is 0.312 e. The van der Waals surface area contributed by atoms with Crippen LogP contribution in [0, 0.1) is 11.5 Å². The molecule has 0 aliphatic carbocycles. The molecule has 1 aliphatic rings. The van der Waals surface area contributed by atoms with Gasteiger partial charge in [-0.2, -0.15) is 5.26 Å². The second-order valence-electron chi connectivity index (χ2n) is 9.11. The van der Waals surface area contributed by atoms with Gasteiger partial charge in [-0.3, -0.25) is 14.7 Å². The van der Waals surface area contributed by atoms with Gasteiger partial charge in [-0.15, -0.1) is 16.3 Å². The molecule has 6 rings (SSSR count). The lowest BCUT2D eigenvalue weighted by Crippen LogP contribution is -2.33. The van der Waals surface area contributed by atoms with E-state index in [9.17, 15) is 10.1 Å². The fraction of sp³-hybridized carbons (Fsp3) is 0.0968. The van der Waals surface area contributed by atoms with Gasteiger partial charge in [0, 0.05) is 30.4 Å². The Morgan fingerprint density at radius 3 is 2.80 bits per heavy atom. The lowest BCUT2D eigenvalue weighted by molar-refractivity contribution is 0.103. The number of carbonyl (C=O) groups excluding carboxylic acids is 1. The summed E-state index contributed by atoms with van der Waals surface area (Å²) in [5.41, 5.74) is 5.39. The van der Waals surface area contributed by atoms with Crippen LogP contribution in [-0.4, -0.2) is 23.5 Å². The molecule has 1 aliphatic heterocycles. The fourth-order valence-corrected chi connectivity index (χ4v) is 5.51. The van der Waals surface area contributed by atoms with E-state index in [4.69, 9.17) is 4.74 Å². The van der Waals surface area contributed by atoms with E-state index >= 15 is 0 Å². The molecule has 40 heavy (non-hydrogen) atoms. The number of ether oxygens (including phenoxy) is 1. The standard InChI is InChI=1S/C31H24N6O2S/c32-20-35-31(39-24-6-2-1-3-7-24)37-16-13-21-10-11-23(18-28(21)37)36-30(38)29-27(14-17-40-29)34-19-22-12-15-33-26-9-5-4-8-25(22)26/h1-12,14-15,17-18,34H,13,16,19H2,(H,36,38)/b35-31-. The summed E-state index contributed by atoms with van der Waals surface area (Å²) in [6.07, 6.45) is 4.42. The number of rotatable bonds is 6. The summed E-state index contributed by atoms with van der Waals surface area (Å²) in [6.45, 7) is 1.18. The molecule has 0 spiro atoms. The van der Waals surface area contributed by atoms with E-state index in [0.29, 0.717) is 29.4 Å². The number of aromatic nitrogens is 1. The van der Waals surface area contributed by atoms with Gasteiger partial charge >= 0.3 is 6.02 Å². The van der Waals surface area contributed by atoms with Crippen molar-refractivity contribution in [1.29, 1.82) is 5.26 Å². The smallest absolute Gasteiger partial charge is 0.312 e. The summed E-state index contributed by atoms with van der Waals surface area (Å²) in [5.74, 6) is 0.389. The minimum atomic E-state index is -0.201. The minimum absolute atomic E-state index is 0.198. The normalized spacial score (nSPS) is 12.6. The number of pyridine rings is 1. The third kappa shape index (κ3) is 5.21. The molecule has 0 fully saturated rings. The fourth-order valence-electron chi connectivity index (χ4n) is 4.74. The number of nitrogens with one attached hydrogen (secondary N) is 2. The predicted octanol–water partition coefficient (Wildman–Crippen LogP) is 6.44. The van der Waals surface area contributed by atoms with Crippen molar-refractivity contribution < 1.29 is 9.53 Å². The Morgan fingerprint density at radius 1 is 1.07 bits per heavy atom. The highest BCUT2D eigenvalue weighted by Gasteiger charge is 2.26. The number of aliphatic imine (C=N–C) groups is 1. The molecule has 2 N–H and O–H groups in total. The summed E-state index contributed by atoms with van der Waals surface area (Å²) in [6, 6.07) is 27.1. The van der Waals surface area contributed by atoms with Crippen molar-refractivity contribution in [3.05, 3.63) is 113 Å². The number of nitrogens with zero attached hydrogens (tertiary/aromatic N) is 4. The van der Waals surface area contributed by atoms with Crippen molar-refractivity contribution in [1.82, 2.24) is 4.98 Å². The second kappa shape index (κ2) is 11.3. The molecule has 0 saturated heterocycles. The van der Waals surface area contributed by atoms with Crippen molar-refractivity contribution in [2.75, 3.05) is 22.1 Å². The Kier molecular flexibility index (Phi) is 7.07. The molecule has 0 radical (unpaired) electrons. The molecular formula is C31H24N6O2S. The lowest BCUT2D eigenvalue weighted by Gasteiger charge is -2.20. The monoisotopic (exact) mass is 544 g/mol. The van der Waals surface area contributed by atoms with Crippen LogP contribution in [0.1, 0.15) is 20.8 Å². The number of thiophene rings is 1. The predicted molar refractivity (Wildman–Crippen MR) is 159 cm³/mol. The SMILES string of the molecule is N#C/N=C(\Oc1ccccc1)N1CCc2ccc(NC(=O)c3sccc3NCc3ccnc4ccccc34)cc21. The Labute approximate surface area is 235 Å². The molecular weight excluding hydrogens is 520 g/mol. The topological polar surface area (TPSA) is 103 Å². The number of hydrogen-bond acceptors (Lipinski definition) is 7. The van der Waals surface area contributed by atoms with E-state index in [2.05, 4.69) is 26.7 Å². The van der Waals surface area contributed by atoms with Gasteiger partial charge in [0.05, 0.1) is 16.9 Å². The number of nitriles is 1. The van der Waals surface area contributed by atoms with Crippen molar-refractivity contribution in [3.63, 3.8) is 0 Å². The second-order valence-corrected chi connectivity index (χ2v) is 10.0. The Morgan fingerprint density at radius 2 is 1.93 bits per heavy atom. The first-order valence-corrected chi connectivity index (χ1v) is 13.6. The molecule has 3 heterocycles. The number of para-hydroxylation sites is 2. The molecule has 9 heteroatoms. The molecule has 0 unspecified atom stereocenters. The first-order valence-electron chi connectivity index (χ1n) is 12.7. The zero-order valence-corrected chi connectivity index (χ0v) is 22.2. The van der Waals surface area contributed by atoms with Gasteiger partial charge in [0.2, 0.25) is 6.19 Å². The molecule has 0 saturated carbocycles. The first-order chi connectivity index (χ1) is 19.7. The van der Waals surface area contributed by atoms with Gasteiger partial charge in [-0.05, 0) is 65.4 Å². The zero-order valence-electron chi connectivity index (χ0n) is 21.4. The van der Waals surface area contributed by atoms with Gasteiger partial charge in [0.1, 0.15) is 10.6 Å². The Hall–Kier alpha value is -5.20. The average molecular weight is 545 g/mol. The molecule has 0 bridgehead atoms. The maximum atomic E-state index is 13.3. The van der Waals surface area contributed by atoms with E-state index < -0.39 is 0 Å². The van der Waals surface area contributed by atoms with Crippen LogP contribution in [0.4, 0.5) is 17.1 Å². The highest BCUT2D eigenvalue weighted by molar-refractivity contribution is 7.12. The lowest BCUT2D eigenvalue weighted by atomic mass is 10.1. The van der Waals surface area contributed by atoms with Crippen LogP contribution in [0.2, 0.25) is 0 Å². The molecule has 5 aromatic rings. The number of benzene rings is 3. The van der Waals surface area contributed by atoms with Gasteiger partial charge < -0.3 is 15.4 Å². The summed E-state index contributed by atoms with van der Waals surface area (Å²) >= 11 is 1.38. The average Bonchev–Trinajstić information content (AvgIpc) is 3.63. The highest BCUT2D eigenvalue weighted by Crippen LogP contribution is 2.33. The van der Waals surface area contributed by atoms with E-state index in [-0.39, 0.29) is 11.9 Å². The van der Waals surface area contributed by atoms with Crippen LogP contribution < -0.4 is 20.3 Å². The molecule has 8 nitrogen and oxygen atoms in total. The van der Waals surface area contributed by atoms with Crippen molar-refractivity contribution >= 4 is 51.2 Å². The minimum Gasteiger partial charge on any atom is -0.425 e. The summed E-state index contributed by atoms with van der Waals surface area (Å²) in [7, 11) is 0.